The Labute approximate surface area is 129 Å². The quantitative estimate of drug-likeness (QED) is 0.652. The van der Waals surface area contributed by atoms with Crippen LogP contribution in [0.4, 0.5) is 23.3 Å². The highest BCUT2D eigenvalue weighted by Crippen LogP contribution is 2.29. The fraction of sp³-hybridized carbons (Fsp3) is 0.154. The van der Waals surface area contributed by atoms with Crippen molar-refractivity contribution in [2.75, 3.05) is 0 Å². The number of azo groups is 1. The van der Waals surface area contributed by atoms with Crippen LogP contribution in [-0.4, -0.2) is 19.6 Å². The lowest BCUT2D eigenvalue weighted by Gasteiger charge is -2.07. The van der Waals surface area contributed by atoms with Crippen LogP contribution in [0.3, 0.4) is 0 Å². The topological polar surface area (TPSA) is 128 Å². The Kier molecular flexibility index (Phi) is 3.89. The van der Waals surface area contributed by atoms with Crippen LogP contribution < -0.4 is 5.56 Å². The molecule has 0 aliphatic carbocycles. The Bertz CT molecular complexity index is 976. The lowest BCUT2D eigenvalue weighted by atomic mass is 10.1. The fourth-order valence-corrected chi connectivity index (χ4v) is 1.76. The Morgan fingerprint density at radius 2 is 2.09 bits per heavy atom. The molecule has 0 spiro atoms. The molecule has 0 amide bonds. The van der Waals surface area contributed by atoms with Crippen molar-refractivity contribution in [2.24, 2.45) is 17.3 Å². The van der Waals surface area contributed by atoms with Crippen molar-refractivity contribution in [1.82, 2.24) is 14.5 Å². The van der Waals surface area contributed by atoms with Crippen LogP contribution >= 0.6 is 0 Å². The van der Waals surface area contributed by atoms with Crippen molar-refractivity contribution in [3.63, 3.8) is 0 Å². The van der Waals surface area contributed by atoms with Gasteiger partial charge in [0.25, 0.3) is 17.2 Å². The summed E-state index contributed by atoms with van der Waals surface area (Å²) in [7, 11) is 1.29. The molecule has 2 aromatic heterocycles. The Morgan fingerprint density at radius 1 is 1.39 bits per heavy atom. The summed E-state index contributed by atoms with van der Waals surface area (Å²) in [6.07, 6.45) is 0. The van der Waals surface area contributed by atoms with Crippen LogP contribution in [0, 0.1) is 31.4 Å². The first-order chi connectivity index (χ1) is 10.9. The Morgan fingerprint density at radius 3 is 2.61 bits per heavy atom. The van der Waals surface area contributed by atoms with E-state index in [1.165, 1.54) is 14.0 Å². The monoisotopic (exact) mass is 308 g/mol. The predicted octanol–water partition coefficient (Wildman–Crippen LogP) is 2.51. The maximum Gasteiger partial charge on any atom is 0.414 e. The van der Waals surface area contributed by atoms with Gasteiger partial charge >= 0.3 is 5.95 Å². The van der Waals surface area contributed by atoms with Crippen LogP contribution in [0.25, 0.3) is 9.69 Å². The molecule has 0 fully saturated rings. The summed E-state index contributed by atoms with van der Waals surface area (Å²) in [6, 6.07) is 1.79. The Hall–Kier alpha value is -3.97. The number of aromatic hydroxyl groups is 1. The van der Waals surface area contributed by atoms with Gasteiger partial charge in [-0.05, 0) is 6.92 Å². The maximum absolute atomic E-state index is 12.1. The zero-order valence-electron chi connectivity index (χ0n) is 12.0. The first-order valence-electron chi connectivity index (χ1n) is 6.03. The molecule has 2 heterocycles. The molecule has 2 aromatic rings. The molecule has 10 nitrogen and oxygen atoms in total. The lowest BCUT2D eigenvalue weighted by Crippen LogP contribution is -2.18. The first-order valence-corrected chi connectivity index (χ1v) is 6.03. The number of hydrogen-bond donors (Lipinski definition) is 2. The SMILES string of the molecule is [C-]#[N+]c1nc(N=Nc2c(C)c(C#N)c(O)n(C)c2=O)[nH]c1[N+]#[C-]. The van der Waals surface area contributed by atoms with Gasteiger partial charge in [0, 0.05) is 12.6 Å². The minimum absolute atomic E-state index is 0.0815. The first kappa shape index (κ1) is 15.4. The largest absolute Gasteiger partial charge is 0.493 e. The van der Waals surface area contributed by atoms with Crippen molar-refractivity contribution in [1.29, 1.82) is 5.26 Å². The third-order valence-electron chi connectivity index (χ3n) is 3.01. The third kappa shape index (κ3) is 2.50. The second kappa shape index (κ2) is 5.80. The van der Waals surface area contributed by atoms with Crippen LogP contribution in [0.1, 0.15) is 11.1 Å². The second-order valence-corrected chi connectivity index (χ2v) is 4.30. The number of nitriles is 1. The van der Waals surface area contributed by atoms with E-state index in [0.717, 1.165) is 4.57 Å². The van der Waals surface area contributed by atoms with E-state index < -0.39 is 11.4 Å². The van der Waals surface area contributed by atoms with Gasteiger partial charge < -0.3 is 14.8 Å². The van der Waals surface area contributed by atoms with E-state index in [1.54, 1.807) is 6.07 Å². The maximum atomic E-state index is 12.1. The number of nitrogens with zero attached hydrogens (tertiary/aromatic N) is 7. The number of rotatable bonds is 2. The fourth-order valence-electron chi connectivity index (χ4n) is 1.76. The Balaban J connectivity index is 2.58. The van der Waals surface area contributed by atoms with Crippen LogP contribution in [0.5, 0.6) is 5.88 Å². The van der Waals surface area contributed by atoms with E-state index in [-0.39, 0.29) is 34.4 Å². The summed E-state index contributed by atoms with van der Waals surface area (Å²) < 4.78 is 0.872. The molecule has 112 valence electrons. The van der Waals surface area contributed by atoms with E-state index in [2.05, 4.69) is 29.9 Å². The molecule has 2 N–H and O–H groups in total. The van der Waals surface area contributed by atoms with Gasteiger partial charge in [0.1, 0.15) is 11.6 Å². The van der Waals surface area contributed by atoms with Gasteiger partial charge in [-0.15, -0.1) is 5.11 Å². The minimum atomic E-state index is -0.648. The number of H-pyrrole nitrogens is 1. The summed E-state index contributed by atoms with van der Waals surface area (Å²) in [5, 5.41) is 26.2. The molecule has 0 saturated heterocycles. The summed E-state index contributed by atoms with van der Waals surface area (Å²) >= 11 is 0. The summed E-state index contributed by atoms with van der Waals surface area (Å²) in [6.45, 7) is 15.2. The van der Waals surface area contributed by atoms with E-state index in [0.29, 0.717) is 0 Å². The van der Waals surface area contributed by atoms with Crippen molar-refractivity contribution >= 4 is 23.3 Å². The number of aromatic amines is 1. The average molecular weight is 308 g/mol. The number of aromatic nitrogens is 3. The zero-order valence-corrected chi connectivity index (χ0v) is 12.0. The van der Waals surface area contributed by atoms with Gasteiger partial charge in [-0.1, -0.05) is 23.2 Å². The van der Waals surface area contributed by atoms with E-state index in [1.807, 2.05) is 0 Å². The number of hydrogen-bond acceptors (Lipinski definition) is 6. The summed E-state index contributed by atoms with van der Waals surface area (Å²) in [4.78, 5) is 24.5. The van der Waals surface area contributed by atoms with Crippen molar-refractivity contribution in [2.45, 2.75) is 6.92 Å². The molecule has 0 bridgehead atoms. The molecule has 2 rings (SSSR count). The van der Waals surface area contributed by atoms with E-state index >= 15 is 0 Å². The molecule has 0 aliphatic heterocycles. The molecule has 0 saturated carbocycles. The van der Waals surface area contributed by atoms with Crippen molar-refractivity contribution < 1.29 is 5.11 Å². The van der Waals surface area contributed by atoms with Gasteiger partial charge in [0.15, 0.2) is 5.69 Å². The van der Waals surface area contributed by atoms with Crippen LogP contribution in [0.15, 0.2) is 15.0 Å². The number of nitrogens with one attached hydrogen (secondary N) is 1. The highest BCUT2D eigenvalue weighted by atomic mass is 16.3. The van der Waals surface area contributed by atoms with Gasteiger partial charge in [-0.25, -0.2) is 0 Å². The number of pyridine rings is 1. The van der Waals surface area contributed by atoms with Gasteiger partial charge in [0.2, 0.25) is 5.88 Å². The third-order valence-corrected chi connectivity index (χ3v) is 3.01. The van der Waals surface area contributed by atoms with Gasteiger partial charge in [-0.2, -0.15) is 5.26 Å². The molecule has 10 heteroatoms. The highest BCUT2D eigenvalue weighted by molar-refractivity contribution is 5.64. The molecule has 0 atom stereocenters. The van der Waals surface area contributed by atoms with Gasteiger partial charge in [-0.3, -0.25) is 14.3 Å². The van der Waals surface area contributed by atoms with Crippen molar-refractivity contribution in [3.8, 4) is 11.9 Å². The van der Waals surface area contributed by atoms with Crippen molar-refractivity contribution in [3.05, 3.63) is 44.3 Å². The predicted molar refractivity (Wildman–Crippen MR) is 78.1 cm³/mol. The van der Waals surface area contributed by atoms with Crippen LogP contribution in [-0.2, 0) is 7.05 Å². The summed E-state index contributed by atoms with van der Waals surface area (Å²) in [5.41, 5.74) is -0.722. The lowest BCUT2D eigenvalue weighted by molar-refractivity contribution is 0.421. The zero-order chi connectivity index (χ0) is 17.1. The normalized spacial score (nSPS) is 10.2. The smallest absolute Gasteiger partial charge is 0.414 e. The highest BCUT2D eigenvalue weighted by Gasteiger charge is 2.18. The summed E-state index contributed by atoms with van der Waals surface area (Å²) in [5.74, 6) is -0.809. The van der Waals surface area contributed by atoms with Crippen LogP contribution in [0.2, 0.25) is 0 Å². The molecule has 0 radical (unpaired) electrons. The van der Waals surface area contributed by atoms with E-state index in [9.17, 15) is 9.90 Å². The molecular weight excluding hydrogens is 300 g/mol. The minimum Gasteiger partial charge on any atom is -0.493 e. The molecule has 0 aliphatic rings. The molecular formula is C13H8N8O2. The van der Waals surface area contributed by atoms with Gasteiger partial charge in [0.05, 0.1) is 0 Å². The molecule has 0 unspecified atom stereocenters. The standard InChI is InChI=1S/C13H8N8O2/c1-6-7(5-14)11(22)21(4)12(23)8(6)19-20-13-17-9(15-2)10(16-3)18-13/h22H,1,4H3,(H,17,18). The molecule has 23 heavy (non-hydrogen) atoms. The second-order valence-electron chi connectivity index (χ2n) is 4.30. The number of imidazole rings is 1. The average Bonchev–Trinajstić information content (AvgIpc) is 2.95. The van der Waals surface area contributed by atoms with E-state index in [4.69, 9.17) is 18.4 Å². The molecule has 0 aromatic carbocycles.